The summed E-state index contributed by atoms with van der Waals surface area (Å²) in [6.07, 6.45) is -0.755. The molecule has 0 saturated carbocycles. The summed E-state index contributed by atoms with van der Waals surface area (Å²) in [6, 6.07) is -0.265. The van der Waals surface area contributed by atoms with Crippen LogP contribution in [0.1, 0.15) is 0 Å². The van der Waals surface area contributed by atoms with Gasteiger partial charge in [-0.2, -0.15) is 0 Å². The van der Waals surface area contributed by atoms with E-state index in [9.17, 15) is 4.79 Å². The Morgan fingerprint density at radius 1 is 1.20 bits per heavy atom. The van der Waals surface area contributed by atoms with Crippen molar-refractivity contribution in [1.82, 2.24) is 10.6 Å². The second kappa shape index (κ2) is 2.85. The first-order valence-corrected chi connectivity index (χ1v) is 2.90. The molecule has 1 aliphatic heterocycles. The number of nitrogens with one attached hydrogen (secondary N) is 2. The molecule has 0 bridgehead atoms. The third-order valence-electron chi connectivity index (χ3n) is 1.33. The van der Waals surface area contributed by atoms with E-state index in [4.69, 9.17) is 9.47 Å². The normalized spacial score (nSPS) is 31.6. The average molecular weight is 146 g/mol. The average Bonchev–Trinajstić information content (AvgIpc) is 2.30. The molecular weight excluding hydrogens is 136 g/mol. The lowest BCUT2D eigenvalue weighted by molar-refractivity contribution is -0.0343. The minimum atomic E-state index is -0.377. The molecule has 58 valence electrons. The van der Waals surface area contributed by atoms with Crippen LogP contribution in [0, 0.1) is 0 Å². The van der Waals surface area contributed by atoms with Crippen LogP contribution in [0.4, 0.5) is 4.79 Å². The number of urea groups is 1. The Kier molecular flexibility index (Phi) is 2.08. The molecular formula is C5H10N2O3. The van der Waals surface area contributed by atoms with Gasteiger partial charge in [0.25, 0.3) is 0 Å². The minimum Gasteiger partial charge on any atom is -0.357 e. The van der Waals surface area contributed by atoms with Gasteiger partial charge in [-0.3, -0.25) is 0 Å². The zero-order valence-electron chi connectivity index (χ0n) is 5.88. The fourth-order valence-corrected chi connectivity index (χ4v) is 0.816. The molecule has 0 radical (unpaired) electrons. The highest BCUT2D eigenvalue weighted by atomic mass is 16.6. The van der Waals surface area contributed by atoms with Crippen molar-refractivity contribution in [3.63, 3.8) is 0 Å². The smallest absolute Gasteiger partial charge is 0.319 e. The van der Waals surface area contributed by atoms with E-state index < -0.39 is 0 Å². The molecule has 0 aromatic heterocycles. The van der Waals surface area contributed by atoms with Crippen molar-refractivity contribution in [3.05, 3.63) is 0 Å². The standard InChI is InChI=1S/C5H10N2O3/c1-9-3-4(10-2)7-5(8)6-3/h3-4H,1-2H3,(H2,6,7,8)/t3-,4-/m0/s1. The second-order valence-corrected chi connectivity index (χ2v) is 1.93. The summed E-state index contributed by atoms with van der Waals surface area (Å²) in [5.41, 5.74) is 0. The summed E-state index contributed by atoms with van der Waals surface area (Å²) in [7, 11) is 3.01. The Hall–Kier alpha value is -0.810. The molecule has 10 heavy (non-hydrogen) atoms. The Bertz CT molecular complexity index is 125. The molecule has 1 fully saturated rings. The van der Waals surface area contributed by atoms with Crippen LogP contribution in [0.5, 0.6) is 0 Å². The molecule has 2 N–H and O–H groups in total. The van der Waals surface area contributed by atoms with Crippen molar-refractivity contribution < 1.29 is 14.3 Å². The molecule has 2 atom stereocenters. The van der Waals surface area contributed by atoms with Crippen LogP contribution in [-0.2, 0) is 9.47 Å². The van der Waals surface area contributed by atoms with E-state index in [-0.39, 0.29) is 18.5 Å². The van der Waals surface area contributed by atoms with Crippen molar-refractivity contribution in [2.45, 2.75) is 12.5 Å². The van der Waals surface area contributed by atoms with E-state index in [0.717, 1.165) is 0 Å². The van der Waals surface area contributed by atoms with Gasteiger partial charge in [-0.05, 0) is 0 Å². The molecule has 5 heteroatoms. The van der Waals surface area contributed by atoms with E-state index in [1.54, 1.807) is 0 Å². The summed E-state index contributed by atoms with van der Waals surface area (Å²) in [6.45, 7) is 0. The van der Waals surface area contributed by atoms with Crippen LogP contribution in [-0.4, -0.2) is 32.7 Å². The van der Waals surface area contributed by atoms with Crippen LogP contribution < -0.4 is 10.6 Å². The maximum atomic E-state index is 10.6. The zero-order valence-corrected chi connectivity index (χ0v) is 5.88. The third kappa shape index (κ3) is 1.19. The number of methoxy groups -OCH3 is 2. The molecule has 1 aliphatic rings. The third-order valence-corrected chi connectivity index (χ3v) is 1.33. The van der Waals surface area contributed by atoms with Gasteiger partial charge < -0.3 is 20.1 Å². The number of hydrogen-bond donors (Lipinski definition) is 2. The van der Waals surface area contributed by atoms with Crippen molar-refractivity contribution in [2.75, 3.05) is 14.2 Å². The van der Waals surface area contributed by atoms with Crippen LogP contribution in [0.3, 0.4) is 0 Å². The van der Waals surface area contributed by atoms with Crippen molar-refractivity contribution in [2.24, 2.45) is 0 Å². The van der Waals surface area contributed by atoms with Gasteiger partial charge in [-0.1, -0.05) is 0 Å². The Balaban J connectivity index is 2.48. The lowest BCUT2D eigenvalue weighted by atomic mass is 10.5. The maximum absolute atomic E-state index is 10.6. The lowest BCUT2D eigenvalue weighted by Crippen LogP contribution is -2.36. The largest absolute Gasteiger partial charge is 0.357 e. The van der Waals surface area contributed by atoms with Gasteiger partial charge in [0.2, 0.25) is 0 Å². The molecule has 0 aromatic carbocycles. The summed E-state index contributed by atoms with van der Waals surface area (Å²) in [5.74, 6) is 0. The summed E-state index contributed by atoms with van der Waals surface area (Å²) < 4.78 is 9.73. The number of rotatable bonds is 2. The number of carbonyl (C=O) groups is 1. The van der Waals surface area contributed by atoms with E-state index >= 15 is 0 Å². The van der Waals surface area contributed by atoms with Crippen LogP contribution in [0.2, 0.25) is 0 Å². The van der Waals surface area contributed by atoms with Gasteiger partial charge in [0.1, 0.15) is 0 Å². The molecule has 0 aromatic rings. The van der Waals surface area contributed by atoms with Gasteiger partial charge in [-0.15, -0.1) is 0 Å². The molecule has 5 nitrogen and oxygen atoms in total. The predicted octanol–water partition coefficient (Wildman–Crippen LogP) is -0.756. The van der Waals surface area contributed by atoms with Gasteiger partial charge in [-0.25, -0.2) is 4.79 Å². The lowest BCUT2D eigenvalue weighted by Gasteiger charge is -2.13. The van der Waals surface area contributed by atoms with Gasteiger partial charge in [0.15, 0.2) is 12.5 Å². The molecule has 0 aliphatic carbocycles. The number of amides is 2. The molecule has 0 unspecified atom stereocenters. The van der Waals surface area contributed by atoms with Crippen molar-refractivity contribution in [1.29, 1.82) is 0 Å². The highest BCUT2D eigenvalue weighted by Crippen LogP contribution is 2.01. The van der Waals surface area contributed by atoms with Crippen LogP contribution in [0.25, 0.3) is 0 Å². The highest BCUT2D eigenvalue weighted by Gasteiger charge is 2.30. The van der Waals surface area contributed by atoms with Crippen molar-refractivity contribution in [3.8, 4) is 0 Å². The Morgan fingerprint density at radius 3 is 1.90 bits per heavy atom. The van der Waals surface area contributed by atoms with E-state index in [0.29, 0.717) is 0 Å². The van der Waals surface area contributed by atoms with E-state index in [1.165, 1.54) is 14.2 Å². The van der Waals surface area contributed by atoms with Crippen LogP contribution >= 0.6 is 0 Å². The zero-order chi connectivity index (χ0) is 7.56. The maximum Gasteiger partial charge on any atom is 0.319 e. The fraction of sp³-hybridized carbons (Fsp3) is 0.800. The fourth-order valence-electron chi connectivity index (χ4n) is 0.816. The highest BCUT2D eigenvalue weighted by molar-refractivity contribution is 5.76. The van der Waals surface area contributed by atoms with Gasteiger partial charge in [0.05, 0.1) is 0 Å². The van der Waals surface area contributed by atoms with E-state index in [1.807, 2.05) is 0 Å². The second-order valence-electron chi connectivity index (χ2n) is 1.93. The quantitative estimate of drug-likeness (QED) is 0.538. The molecule has 1 heterocycles. The topological polar surface area (TPSA) is 59.6 Å². The van der Waals surface area contributed by atoms with Crippen LogP contribution in [0.15, 0.2) is 0 Å². The summed E-state index contributed by atoms with van der Waals surface area (Å²) >= 11 is 0. The number of hydrogen-bond acceptors (Lipinski definition) is 3. The molecule has 0 spiro atoms. The first kappa shape index (κ1) is 7.30. The predicted molar refractivity (Wildman–Crippen MR) is 33.3 cm³/mol. The first-order valence-electron chi connectivity index (χ1n) is 2.90. The number of ether oxygens (including phenoxy) is 2. The van der Waals surface area contributed by atoms with Gasteiger partial charge >= 0.3 is 6.03 Å². The number of carbonyl (C=O) groups excluding carboxylic acids is 1. The monoisotopic (exact) mass is 146 g/mol. The molecule has 2 amide bonds. The van der Waals surface area contributed by atoms with Crippen molar-refractivity contribution >= 4 is 6.03 Å². The Morgan fingerprint density at radius 2 is 1.60 bits per heavy atom. The summed E-state index contributed by atoms with van der Waals surface area (Å²) in [4.78, 5) is 10.6. The Labute approximate surface area is 58.7 Å². The van der Waals surface area contributed by atoms with Gasteiger partial charge in [0, 0.05) is 14.2 Å². The molecule has 1 rings (SSSR count). The summed E-state index contributed by atoms with van der Waals surface area (Å²) in [5, 5.41) is 5.01. The van der Waals surface area contributed by atoms with E-state index in [2.05, 4.69) is 10.6 Å². The first-order chi connectivity index (χ1) is 4.77. The SMILES string of the molecule is CO[C@@H]1NC(=O)N[C@H]1OC. The molecule has 1 saturated heterocycles. The minimum absolute atomic E-state index is 0.265.